The molecule has 1 unspecified atom stereocenters. The van der Waals surface area contributed by atoms with Gasteiger partial charge in [-0.25, -0.2) is 0 Å². The van der Waals surface area contributed by atoms with Crippen molar-refractivity contribution in [2.24, 2.45) is 0 Å². The van der Waals surface area contributed by atoms with Gasteiger partial charge in [-0.1, -0.05) is 12.1 Å². The van der Waals surface area contributed by atoms with E-state index in [9.17, 15) is 9.90 Å². The number of methoxy groups -OCH3 is 1. The molecule has 1 aromatic heterocycles. The molecule has 1 N–H and O–H groups in total. The third-order valence-electron chi connectivity index (χ3n) is 3.27. The number of carbonyl (C=O) groups is 1. The first-order valence-corrected chi connectivity index (χ1v) is 7.29. The number of nitrogens with zero attached hydrogens (tertiary/aromatic N) is 1. The maximum atomic E-state index is 11.6. The van der Waals surface area contributed by atoms with Gasteiger partial charge in [-0.3, -0.25) is 9.78 Å². The number of benzene rings is 1. The summed E-state index contributed by atoms with van der Waals surface area (Å²) in [6.45, 7) is 1.85. The predicted molar refractivity (Wildman–Crippen MR) is 83.7 cm³/mol. The van der Waals surface area contributed by atoms with E-state index in [0.29, 0.717) is 12.1 Å². The van der Waals surface area contributed by atoms with Crippen LogP contribution in [0.15, 0.2) is 40.9 Å². The van der Waals surface area contributed by atoms with Gasteiger partial charge in [0.05, 0.1) is 18.5 Å². The van der Waals surface area contributed by atoms with Gasteiger partial charge in [-0.2, -0.15) is 0 Å². The van der Waals surface area contributed by atoms with Crippen molar-refractivity contribution >= 4 is 21.9 Å². The molecule has 1 heterocycles. The van der Waals surface area contributed by atoms with Gasteiger partial charge in [0.1, 0.15) is 11.7 Å². The van der Waals surface area contributed by atoms with E-state index >= 15 is 0 Å². The summed E-state index contributed by atoms with van der Waals surface area (Å²) in [6, 6.07) is 11.0. The molecule has 0 aliphatic rings. The molecule has 0 spiro atoms. The zero-order chi connectivity index (χ0) is 15.4. The van der Waals surface area contributed by atoms with Crippen LogP contribution in [0.5, 0.6) is 5.75 Å². The van der Waals surface area contributed by atoms with Gasteiger partial charge in [-0.05, 0) is 59.1 Å². The van der Waals surface area contributed by atoms with E-state index in [1.807, 2.05) is 37.3 Å². The molecule has 4 nitrogen and oxygen atoms in total. The number of aliphatic carboxylic acids is 1. The third kappa shape index (κ3) is 3.82. The summed E-state index contributed by atoms with van der Waals surface area (Å²) < 4.78 is 6.04. The molecule has 0 aliphatic heterocycles. The van der Waals surface area contributed by atoms with E-state index in [0.717, 1.165) is 21.5 Å². The summed E-state index contributed by atoms with van der Waals surface area (Å²) >= 11 is 3.37. The topological polar surface area (TPSA) is 59.4 Å². The number of hydrogen-bond acceptors (Lipinski definition) is 3. The average Bonchev–Trinajstić information content (AvgIpc) is 2.47. The molecule has 0 radical (unpaired) electrons. The number of carboxylic acid groups (broad SMARTS) is 1. The largest absolute Gasteiger partial charge is 0.497 e. The molecule has 1 atom stereocenters. The normalized spacial score (nSPS) is 12.0. The second kappa shape index (κ2) is 6.72. The molecule has 110 valence electrons. The fraction of sp³-hybridized carbons (Fsp3) is 0.250. The Balaban J connectivity index is 2.30. The number of aryl methyl sites for hydroxylation is 1. The van der Waals surface area contributed by atoms with Crippen LogP contribution in [0.4, 0.5) is 0 Å². The first-order valence-electron chi connectivity index (χ1n) is 6.50. The zero-order valence-corrected chi connectivity index (χ0v) is 13.4. The molecule has 2 aromatic rings. The third-order valence-corrected chi connectivity index (χ3v) is 4.11. The van der Waals surface area contributed by atoms with Crippen molar-refractivity contribution < 1.29 is 14.6 Å². The molecule has 2 rings (SSSR count). The highest BCUT2D eigenvalue weighted by Crippen LogP contribution is 2.24. The number of pyridine rings is 1. The van der Waals surface area contributed by atoms with Crippen molar-refractivity contribution in [2.75, 3.05) is 7.11 Å². The van der Waals surface area contributed by atoms with E-state index in [-0.39, 0.29) is 0 Å². The van der Waals surface area contributed by atoms with Crippen LogP contribution >= 0.6 is 15.9 Å². The van der Waals surface area contributed by atoms with Gasteiger partial charge in [0.15, 0.2) is 0 Å². The highest BCUT2D eigenvalue weighted by atomic mass is 79.9. The van der Waals surface area contributed by atoms with Crippen LogP contribution in [0.2, 0.25) is 0 Å². The number of ether oxygens (including phenoxy) is 1. The Morgan fingerprint density at radius 3 is 2.76 bits per heavy atom. The second-order valence-corrected chi connectivity index (χ2v) is 5.60. The molecule has 5 heteroatoms. The molecular formula is C16H16BrNO3. The SMILES string of the molecule is COc1cccc(CC(C(=O)O)c2ccc(Br)c(C)n2)c1. The minimum atomic E-state index is -0.882. The van der Waals surface area contributed by atoms with Crippen molar-refractivity contribution in [1.82, 2.24) is 4.98 Å². The quantitative estimate of drug-likeness (QED) is 0.896. The van der Waals surface area contributed by atoms with Crippen LogP contribution in [-0.2, 0) is 11.2 Å². The molecule has 0 saturated heterocycles. The zero-order valence-electron chi connectivity index (χ0n) is 11.8. The second-order valence-electron chi connectivity index (χ2n) is 4.75. The fourth-order valence-electron chi connectivity index (χ4n) is 2.11. The lowest BCUT2D eigenvalue weighted by atomic mass is 9.95. The number of hydrogen-bond donors (Lipinski definition) is 1. The van der Waals surface area contributed by atoms with E-state index < -0.39 is 11.9 Å². The van der Waals surface area contributed by atoms with Gasteiger partial charge in [0, 0.05) is 4.47 Å². The van der Waals surface area contributed by atoms with Crippen molar-refractivity contribution in [1.29, 1.82) is 0 Å². The van der Waals surface area contributed by atoms with E-state index in [1.165, 1.54) is 0 Å². The summed E-state index contributed by atoms with van der Waals surface area (Å²) in [5, 5.41) is 9.49. The average molecular weight is 350 g/mol. The van der Waals surface area contributed by atoms with E-state index in [4.69, 9.17) is 4.74 Å². The van der Waals surface area contributed by atoms with Crippen LogP contribution < -0.4 is 4.74 Å². The lowest BCUT2D eigenvalue weighted by Gasteiger charge is -2.13. The van der Waals surface area contributed by atoms with Crippen molar-refractivity contribution in [2.45, 2.75) is 19.3 Å². The summed E-state index contributed by atoms with van der Waals surface area (Å²) in [5.74, 6) is -0.840. The highest BCUT2D eigenvalue weighted by molar-refractivity contribution is 9.10. The maximum absolute atomic E-state index is 11.6. The van der Waals surface area contributed by atoms with Gasteiger partial charge >= 0.3 is 5.97 Å². The Morgan fingerprint density at radius 2 is 2.14 bits per heavy atom. The number of halogens is 1. The lowest BCUT2D eigenvalue weighted by Crippen LogP contribution is -2.16. The first-order chi connectivity index (χ1) is 10.0. The maximum Gasteiger partial charge on any atom is 0.312 e. The fourth-order valence-corrected chi connectivity index (χ4v) is 2.33. The number of aromatic nitrogens is 1. The molecule has 1 aromatic carbocycles. The van der Waals surface area contributed by atoms with Gasteiger partial charge in [0.2, 0.25) is 0 Å². The smallest absolute Gasteiger partial charge is 0.312 e. The van der Waals surface area contributed by atoms with Gasteiger partial charge < -0.3 is 9.84 Å². The summed E-state index contributed by atoms with van der Waals surface area (Å²) in [6.07, 6.45) is 0.376. The van der Waals surface area contributed by atoms with Crippen LogP contribution in [0.25, 0.3) is 0 Å². The molecule has 0 fully saturated rings. The van der Waals surface area contributed by atoms with E-state index in [2.05, 4.69) is 20.9 Å². The molecule has 0 saturated carbocycles. The van der Waals surface area contributed by atoms with Crippen LogP contribution in [0, 0.1) is 6.92 Å². The molecule has 0 bridgehead atoms. The molecule has 21 heavy (non-hydrogen) atoms. The van der Waals surface area contributed by atoms with Crippen LogP contribution in [0.3, 0.4) is 0 Å². The van der Waals surface area contributed by atoms with E-state index in [1.54, 1.807) is 13.2 Å². The first kappa shape index (κ1) is 15.5. The van der Waals surface area contributed by atoms with Gasteiger partial charge in [0.25, 0.3) is 0 Å². The Kier molecular flexibility index (Phi) is 4.96. The monoisotopic (exact) mass is 349 g/mol. The van der Waals surface area contributed by atoms with Crippen molar-refractivity contribution in [3.8, 4) is 5.75 Å². The summed E-state index contributed by atoms with van der Waals surface area (Å²) in [5.41, 5.74) is 2.25. The minimum absolute atomic E-state index is 0.376. The lowest BCUT2D eigenvalue weighted by molar-refractivity contribution is -0.138. The Morgan fingerprint density at radius 1 is 1.38 bits per heavy atom. The molecular weight excluding hydrogens is 334 g/mol. The molecule has 0 amide bonds. The highest BCUT2D eigenvalue weighted by Gasteiger charge is 2.22. The number of carboxylic acids is 1. The molecule has 0 aliphatic carbocycles. The Labute approximate surface area is 131 Å². The van der Waals surface area contributed by atoms with Gasteiger partial charge in [-0.15, -0.1) is 0 Å². The minimum Gasteiger partial charge on any atom is -0.497 e. The number of rotatable bonds is 5. The van der Waals surface area contributed by atoms with Crippen LogP contribution in [-0.4, -0.2) is 23.2 Å². The summed E-state index contributed by atoms with van der Waals surface area (Å²) in [7, 11) is 1.59. The Bertz CT molecular complexity index is 658. The standard InChI is InChI=1S/C16H16BrNO3/c1-10-14(17)6-7-15(18-10)13(16(19)20)9-11-4-3-5-12(8-11)21-2/h3-8,13H,9H2,1-2H3,(H,19,20). The summed E-state index contributed by atoms with van der Waals surface area (Å²) in [4.78, 5) is 15.9. The van der Waals surface area contributed by atoms with Crippen LogP contribution in [0.1, 0.15) is 22.9 Å². The Hall–Kier alpha value is -1.88. The predicted octanol–water partition coefficient (Wildman–Crippen LogP) is 3.57. The van der Waals surface area contributed by atoms with Crippen molar-refractivity contribution in [3.05, 3.63) is 57.8 Å². The van der Waals surface area contributed by atoms with Crippen molar-refractivity contribution in [3.63, 3.8) is 0 Å².